The molecule has 0 spiro atoms. The number of amides is 1. The Morgan fingerprint density at radius 3 is 2.76 bits per heavy atom. The summed E-state index contributed by atoms with van der Waals surface area (Å²) in [6.07, 6.45) is 1.05. The first-order valence-corrected chi connectivity index (χ1v) is 6.99. The highest BCUT2D eigenvalue weighted by Gasteiger charge is 2.14. The van der Waals surface area contributed by atoms with Crippen LogP contribution in [0.1, 0.15) is 23.7 Å². The van der Waals surface area contributed by atoms with Crippen LogP contribution in [-0.2, 0) is 4.79 Å². The van der Waals surface area contributed by atoms with Crippen molar-refractivity contribution >= 4 is 29.8 Å². The number of hydrogen-bond acceptors (Lipinski definition) is 4. The maximum Gasteiger partial charge on any atom is 0.238 e. The third-order valence-electron chi connectivity index (χ3n) is 3.38. The van der Waals surface area contributed by atoms with Crippen molar-refractivity contribution in [3.8, 4) is 0 Å². The Bertz CT molecular complexity index is 486. The van der Waals surface area contributed by atoms with E-state index in [4.69, 9.17) is 0 Å². The van der Waals surface area contributed by atoms with Crippen LogP contribution >= 0.6 is 12.4 Å². The van der Waals surface area contributed by atoms with Gasteiger partial charge in [0.15, 0.2) is 5.78 Å². The molecule has 1 aliphatic heterocycles. The molecule has 1 heterocycles. The fourth-order valence-electron chi connectivity index (χ4n) is 2.35. The van der Waals surface area contributed by atoms with E-state index in [1.807, 2.05) is 6.07 Å². The van der Waals surface area contributed by atoms with E-state index in [0.29, 0.717) is 17.8 Å². The predicted octanol–water partition coefficient (Wildman–Crippen LogP) is 1.54. The van der Waals surface area contributed by atoms with Crippen molar-refractivity contribution in [2.75, 3.05) is 38.0 Å². The number of anilines is 1. The van der Waals surface area contributed by atoms with Gasteiger partial charge in [-0.1, -0.05) is 12.1 Å². The molecule has 0 saturated carbocycles. The minimum Gasteiger partial charge on any atom is -0.324 e. The molecule has 0 atom stereocenters. The number of Topliss-reactive ketones (excluding diaryl/α,β-unsaturated/α-hetero) is 1. The van der Waals surface area contributed by atoms with Gasteiger partial charge in [0.1, 0.15) is 0 Å². The average molecular weight is 312 g/mol. The normalized spacial score (nSPS) is 15.7. The van der Waals surface area contributed by atoms with E-state index in [1.54, 1.807) is 18.2 Å². The van der Waals surface area contributed by atoms with Crippen molar-refractivity contribution in [3.63, 3.8) is 0 Å². The lowest BCUT2D eigenvalue weighted by Crippen LogP contribution is -2.35. The number of nitrogens with zero attached hydrogens (tertiary/aromatic N) is 1. The van der Waals surface area contributed by atoms with E-state index in [0.717, 1.165) is 32.6 Å². The van der Waals surface area contributed by atoms with Gasteiger partial charge < -0.3 is 10.6 Å². The van der Waals surface area contributed by atoms with Gasteiger partial charge in [-0.2, -0.15) is 0 Å². The largest absolute Gasteiger partial charge is 0.324 e. The van der Waals surface area contributed by atoms with Gasteiger partial charge >= 0.3 is 0 Å². The molecule has 1 aromatic carbocycles. The molecule has 0 radical (unpaired) electrons. The van der Waals surface area contributed by atoms with Crippen LogP contribution in [0.4, 0.5) is 5.69 Å². The molecule has 0 aliphatic carbocycles. The van der Waals surface area contributed by atoms with Crippen LogP contribution in [0.15, 0.2) is 24.3 Å². The fourth-order valence-corrected chi connectivity index (χ4v) is 2.35. The van der Waals surface area contributed by atoms with Crippen LogP contribution in [-0.4, -0.2) is 49.3 Å². The summed E-state index contributed by atoms with van der Waals surface area (Å²) in [4.78, 5) is 25.7. The molecule has 0 bridgehead atoms. The topological polar surface area (TPSA) is 61.4 Å². The molecule has 0 unspecified atom stereocenters. The molecule has 1 saturated heterocycles. The fraction of sp³-hybridized carbons (Fsp3) is 0.467. The third kappa shape index (κ3) is 5.46. The zero-order valence-corrected chi connectivity index (χ0v) is 13.0. The highest BCUT2D eigenvalue weighted by molar-refractivity contribution is 6.04. The average Bonchev–Trinajstić information content (AvgIpc) is 2.67. The summed E-state index contributed by atoms with van der Waals surface area (Å²) in [7, 11) is 0. The summed E-state index contributed by atoms with van der Waals surface area (Å²) in [5.41, 5.74) is 1.15. The van der Waals surface area contributed by atoms with Crippen molar-refractivity contribution in [2.24, 2.45) is 0 Å². The maximum absolute atomic E-state index is 12.1. The summed E-state index contributed by atoms with van der Waals surface area (Å²) < 4.78 is 0. The van der Waals surface area contributed by atoms with Crippen molar-refractivity contribution in [2.45, 2.75) is 13.3 Å². The lowest BCUT2D eigenvalue weighted by Gasteiger charge is -2.19. The van der Waals surface area contributed by atoms with Gasteiger partial charge in [-0.05, 0) is 38.6 Å². The Morgan fingerprint density at radius 2 is 2.00 bits per heavy atom. The number of nitrogens with one attached hydrogen (secondary N) is 2. The molecule has 0 aromatic heterocycles. The Morgan fingerprint density at radius 1 is 1.24 bits per heavy atom. The van der Waals surface area contributed by atoms with E-state index in [-0.39, 0.29) is 24.1 Å². The van der Waals surface area contributed by atoms with Crippen LogP contribution in [0.5, 0.6) is 0 Å². The minimum atomic E-state index is -0.0689. The molecule has 21 heavy (non-hydrogen) atoms. The highest BCUT2D eigenvalue weighted by atomic mass is 35.5. The number of halogens is 1. The summed E-state index contributed by atoms with van der Waals surface area (Å²) in [5.74, 6) is -0.111. The van der Waals surface area contributed by atoms with Crippen molar-refractivity contribution in [1.29, 1.82) is 0 Å². The van der Waals surface area contributed by atoms with Crippen molar-refractivity contribution < 1.29 is 9.59 Å². The number of ketones is 1. The third-order valence-corrected chi connectivity index (χ3v) is 3.38. The smallest absolute Gasteiger partial charge is 0.238 e. The zero-order valence-electron chi connectivity index (χ0n) is 12.2. The number of rotatable bonds is 4. The Labute approximate surface area is 131 Å². The Hall–Kier alpha value is -1.43. The Balaban J connectivity index is 0.00000220. The molecule has 2 rings (SSSR count). The molecule has 6 heteroatoms. The van der Waals surface area contributed by atoms with E-state index in [9.17, 15) is 9.59 Å². The second-order valence-corrected chi connectivity index (χ2v) is 5.03. The van der Waals surface area contributed by atoms with Gasteiger partial charge in [0, 0.05) is 18.7 Å². The molecule has 116 valence electrons. The number of hydrogen-bond donors (Lipinski definition) is 2. The lowest BCUT2D eigenvalue weighted by molar-refractivity contribution is -0.117. The molecule has 2 N–H and O–H groups in total. The summed E-state index contributed by atoms with van der Waals surface area (Å²) in [6.45, 7) is 5.60. The first kappa shape index (κ1) is 17.6. The second kappa shape index (κ2) is 8.77. The first-order chi connectivity index (χ1) is 9.66. The number of benzene rings is 1. The summed E-state index contributed by atoms with van der Waals surface area (Å²) in [6, 6.07) is 7.11. The van der Waals surface area contributed by atoms with Gasteiger partial charge in [0.2, 0.25) is 5.91 Å². The predicted molar refractivity (Wildman–Crippen MR) is 86.3 cm³/mol. The lowest BCUT2D eigenvalue weighted by atomic mass is 10.1. The zero-order chi connectivity index (χ0) is 14.4. The molecular formula is C15H22ClN3O2. The van der Waals surface area contributed by atoms with Gasteiger partial charge in [0.25, 0.3) is 0 Å². The van der Waals surface area contributed by atoms with Gasteiger partial charge in [-0.3, -0.25) is 14.5 Å². The quantitative estimate of drug-likeness (QED) is 0.828. The molecule has 1 aliphatic rings. The molecule has 5 nitrogen and oxygen atoms in total. The summed E-state index contributed by atoms with van der Waals surface area (Å²) in [5, 5.41) is 6.14. The highest BCUT2D eigenvalue weighted by Crippen LogP contribution is 2.15. The standard InChI is InChI=1S/C15H21N3O2.ClH/c1-12(19)13-5-2-3-6-14(13)17-15(20)11-18-9-4-7-16-8-10-18;/h2-3,5-6,16H,4,7-11H2,1H3,(H,17,20);1H. The van der Waals surface area contributed by atoms with Gasteiger partial charge in [-0.25, -0.2) is 0 Å². The monoisotopic (exact) mass is 311 g/mol. The van der Waals surface area contributed by atoms with E-state index < -0.39 is 0 Å². The van der Waals surface area contributed by atoms with Crippen LogP contribution in [0, 0.1) is 0 Å². The van der Waals surface area contributed by atoms with Gasteiger partial charge in [0.05, 0.1) is 12.2 Å². The molecule has 1 fully saturated rings. The van der Waals surface area contributed by atoms with Crippen molar-refractivity contribution in [1.82, 2.24) is 10.2 Å². The second-order valence-electron chi connectivity index (χ2n) is 5.03. The number of carbonyl (C=O) groups excluding carboxylic acids is 2. The van der Waals surface area contributed by atoms with Crippen LogP contribution in [0.25, 0.3) is 0 Å². The number of carbonyl (C=O) groups is 2. The van der Waals surface area contributed by atoms with Crippen LogP contribution in [0.3, 0.4) is 0 Å². The number of para-hydroxylation sites is 1. The van der Waals surface area contributed by atoms with E-state index in [1.165, 1.54) is 6.92 Å². The minimum absolute atomic E-state index is 0. The molecule has 1 aromatic rings. The van der Waals surface area contributed by atoms with Crippen molar-refractivity contribution in [3.05, 3.63) is 29.8 Å². The van der Waals surface area contributed by atoms with Crippen LogP contribution in [0.2, 0.25) is 0 Å². The molecule has 1 amide bonds. The van der Waals surface area contributed by atoms with Gasteiger partial charge in [-0.15, -0.1) is 12.4 Å². The summed E-state index contributed by atoms with van der Waals surface area (Å²) >= 11 is 0. The SMILES string of the molecule is CC(=O)c1ccccc1NC(=O)CN1CCCNCC1.Cl. The van der Waals surface area contributed by atoms with Crippen LogP contribution < -0.4 is 10.6 Å². The maximum atomic E-state index is 12.1. The molecular weight excluding hydrogens is 290 g/mol. The first-order valence-electron chi connectivity index (χ1n) is 6.99. The Kier molecular flexibility index (Phi) is 7.36. The van der Waals surface area contributed by atoms with E-state index >= 15 is 0 Å². The van der Waals surface area contributed by atoms with E-state index in [2.05, 4.69) is 15.5 Å².